The Hall–Kier alpha value is -3.63. The summed E-state index contributed by atoms with van der Waals surface area (Å²) < 4.78 is 69.6. The van der Waals surface area contributed by atoms with Crippen molar-refractivity contribution >= 4 is 34.1 Å². The molecule has 1 aromatic carbocycles. The van der Waals surface area contributed by atoms with Crippen molar-refractivity contribution in [1.82, 2.24) is 10.0 Å². The predicted octanol–water partition coefficient (Wildman–Crippen LogP) is 2.11. The Morgan fingerprint density at radius 1 is 1.22 bits per heavy atom. The van der Waals surface area contributed by atoms with Crippen LogP contribution in [0.25, 0.3) is 0 Å². The van der Waals surface area contributed by atoms with Crippen molar-refractivity contribution in [2.24, 2.45) is 5.92 Å². The van der Waals surface area contributed by atoms with Gasteiger partial charge >= 0.3 is 28.4 Å². The van der Waals surface area contributed by atoms with E-state index in [9.17, 15) is 27.9 Å². The number of anilines is 1. The summed E-state index contributed by atoms with van der Waals surface area (Å²) in [6.07, 6.45) is -0.517. The number of carbonyl (C=O) groups excluding carboxylic acids is 2. The number of amides is 2. The predicted molar refractivity (Wildman–Crippen MR) is 143 cm³/mol. The van der Waals surface area contributed by atoms with Gasteiger partial charge in [-0.15, -0.1) is 0 Å². The highest BCUT2D eigenvalue weighted by molar-refractivity contribution is 7.91. The largest absolute Gasteiger partial charge is 0.480 e. The van der Waals surface area contributed by atoms with Crippen LogP contribution in [-0.4, -0.2) is 84.1 Å². The van der Waals surface area contributed by atoms with Crippen LogP contribution in [0.15, 0.2) is 18.7 Å². The molecule has 2 rings (SSSR count). The number of halogens is 1. The maximum Gasteiger partial charge on any atom is 0.422 e. The highest BCUT2D eigenvalue weighted by atomic mass is 32.2. The maximum atomic E-state index is 16.1. The molecule has 0 spiro atoms. The van der Waals surface area contributed by atoms with Gasteiger partial charge in [0.2, 0.25) is 0 Å². The summed E-state index contributed by atoms with van der Waals surface area (Å²) in [7, 11) is -3.56. The molecule has 0 radical (unpaired) electrons. The molecule has 230 valence electrons. The van der Waals surface area contributed by atoms with Crippen LogP contribution in [-0.2, 0) is 46.8 Å². The van der Waals surface area contributed by atoms with Crippen molar-refractivity contribution in [2.45, 2.75) is 39.2 Å². The minimum atomic E-state index is -5.01. The Bertz CT molecular complexity index is 1220. The Labute approximate surface area is 237 Å². The van der Waals surface area contributed by atoms with Gasteiger partial charge in [0.05, 0.1) is 13.2 Å². The number of hydrogen-bond donors (Lipinski definition) is 3. The van der Waals surface area contributed by atoms with Gasteiger partial charge in [-0.1, -0.05) is 12.7 Å². The van der Waals surface area contributed by atoms with Crippen LogP contribution in [0.4, 0.5) is 19.7 Å². The van der Waals surface area contributed by atoms with Crippen molar-refractivity contribution in [3.63, 3.8) is 0 Å². The van der Waals surface area contributed by atoms with E-state index < -0.39 is 58.8 Å². The van der Waals surface area contributed by atoms with Crippen molar-refractivity contribution in [2.75, 3.05) is 51.1 Å². The number of nitrogens with one attached hydrogen (secondary N) is 2. The Balaban J connectivity index is 2.44. The average molecular weight is 606 g/mol. The van der Waals surface area contributed by atoms with Crippen LogP contribution in [0, 0.1) is 11.7 Å². The maximum absolute atomic E-state index is 16.1. The summed E-state index contributed by atoms with van der Waals surface area (Å²) in [6, 6.07) is 1.38. The molecule has 0 fully saturated rings. The molecule has 0 bridgehead atoms. The summed E-state index contributed by atoms with van der Waals surface area (Å²) in [6.45, 7) is 6.87. The molecule has 1 unspecified atom stereocenters. The molecule has 16 heteroatoms. The number of ether oxygens (including phenoxy) is 5. The molecule has 14 nitrogen and oxygen atoms in total. The van der Waals surface area contributed by atoms with Crippen molar-refractivity contribution in [1.29, 1.82) is 0 Å². The summed E-state index contributed by atoms with van der Waals surface area (Å²) in [5, 5.41) is 12.1. The van der Waals surface area contributed by atoms with E-state index >= 15 is 4.39 Å². The number of rotatable bonds is 15. The highest BCUT2D eigenvalue weighted by Gasteiger charge is 2.36. The average Bonchev–Trinajstić information content (AvgIpc) is 3.27. The minimum Gasteiger partial charge on any atom is -0.480 e. The van der Waals surface area contributed by atoms with Gasteiger partial charge in [-0.3, -0.25) is 4.79 Å². The van der Waals surface area contributed by atoms with Gasteiger partial charge in [0.15, 0.2) is 12.6 Å². The smallest absolute Gasteiger partial charge is 0.422 e. The van der Waals surface area contributed by atoms with E-state index in [1.165, 1.54) is 19.3 Å². The van der Waals surface area contributed by atoms with E-state index in [0.717, 1.165) is 0 Å². The molecule has 0 aromatic heterocycles. The molecule has 3 N–H and O–H groups in total. The van der Waals surface area contributed by atoms with Gasteiger partial charge in [0.25, 0.3) is 0 Å². The van der Waals surface area contributed by atoms with E-state index in [0.29, 0.717) is 12.0 Å². The van der Waals surface area contributed by atoms with Gasteiger partial charge in [0.1, 0.15) is 30.2 Å². The van der Waals surface area contributed by atoms with Crippen molar-refractivity contribution in [3.8, 4) is 5.75 Å². The molecule has 1 aliphatic rings. The normalized spacial score (nSPS) is 14.5. The molecule has 0 saturated heterocycles. The fourth-order valence-corrected chi connectivity index (χ4v) is 4.92. The molecule has 0 aliphatic heterocycles. The van der Waals surface area contributed by atoms with E-state index in [1.54, 1.807) is 25.5 Å². The summed E-state index contributed by atoms with van der Waals surface area (Å²) in [4.78, 5) is 35.7. The fraction of sp³-hybridized carbons (Fsp3) is 0.560. The first-order valence-corrected chi connectivity index (χ1v) is 13.9. The molecule has 0 heterocycles. The lowest BCUT2D eigenvalue weighted by molar-refractivity contribution is -0.135. The second-order valence-electron chi connectivity index (χ2n) is 9.89. The monoisotopic (exact) mass is 605 g/mol. The third kappa shape index (κ3) is 10.4. The van der Waals surface area contributed by atoms with Crippen LogP contribution >= 0.6 is 0 Å². The van der Waals surface area contributed by atoms with E-state index in [1.807, 2.05) is 0 Å². The number of fused-ring (bicyclic) bond motifs is 1. The second kappa shape index (κ2) is 14.8. The van der Waals surface area contributed by atoms with Gasteiger partial charge in [-0.25, -0.2) is 23.0 Å². The van der Waals surface area contributed by atoms with Crippen LogP contribution < -0.4 is 19.1 Å². The molecule has 1 aromatic rings. The molecule has 2 amide bonds. The molecular formula is C25H36FN3O11S. The summed E-state index contributed by atoms with van der Waals surface area (Å²) in [5.41, 5.74) is -0.901. The number of nitrogens with zero attached hydrogens (tertiary/aromatic N) is 1. The highest BCUT2D eigenvalue weighted by Crippen LogP contribution is 2.41. The van der Waals surface area contributed by atoms with Gasteiger partial charge in [-0.2, -0.15) is 8.42 Å². The molecule has 0 saturated carbocycles. The van der Waals surface area contributed by atoms with Crippen molar-refractivity contribution < 1.29 is 56.0 Å². The Morgan fingerprint density at radius 2 is 1.93 bits per heavy atom. The van der Waals surface area contributed by atoms with E-state index in [2.05, 4.69) is 16.6 Å². The lowest BCUT2D eigenvalue weighted by Gasteiger charge is -2.26. The third-order valence-corrected chi connectivity index (χ3v) is 6.74. The molecule has 1 aliphatic carbocycles. The Kier molecular flexibility index (Phi) is 12.2. The van der Waals surface area contributed by atoms with Crippen LogP contribution in [0.1, 0.15) is 31.9 Å². The van der Waals surface area contributed by atoms with Gasteiger partial charge < -0.3 is 34.1 Å². The Morgan fingerprint density at radius 3 is 2.54 bits per heavy atom. The third-order valence-electron chi connectivity index (χ3n) is 5.43. The van der Waals surface area contributed by atoms with E-state index in [-0.39, 0.29) is 54.3 Å². The quantitative estimate of drug-likeness (QED) is 0.151. The summed E-state index contributed by atoms with van der Waals surface area (Å²) in [5.74, 6) is -3.34. The molecule has 1 atom stereocenters. The number of methoxy groups -OCH3 is 1. The minimum absolute atomic E-state index is 0.0876. The zero-order valence-corrected chi connectivity index (χ0v) is 24.2. The van der Waals surface area contributed by atoms with Gasteiger partial charge in [-0.05, 0) is 56.7 Å². The summed E-state index contributed by atoms with van der Waals surface area (Å²) >= 11 is 0. The number of carboxylic acid groups (broad SMARTS) is 1. The number of benzene rings is 1. The lowest BCUT2D eigenvalue weighted by atomic mass is 10.1. The second-order valence-corrected chi connectivity index (χ2v) is 11.5. The number of alkyl carbamates (subject to hydrolysis) is 1. The molecule has 41 heavy (non-hydrogen) atoms. The number of aliphatic carboxylic acids is 1. The van der Waals surface area contributed by atoms with E-state index in [4.69, 9.17) is 18.9 Å². The first-order chi connectivity index (χ1) is 19.2. The first-order valence-electron chi connectivity index (χ1n) is 12.5. The number of carbonyl (C=O) groups is 3. The zero-order chi connectivity index (χ0) is 30.8. The van der Waals surface area contributed by atoms with Gasteiger partial charge in [0, 0.05) is 13.7 Å². The first kappa shape index (κ1) is 33.6. The molecular weight excluding hydrogens is 569 g/mol. The van der Waals surface area contributed by atoms with Crippen molar-refractivity contribution in [3.05, 3.63) is 35.7 Å². The zero-order valence-electron chi connectivity index (χ0n) is 23.4. The van der Waals surface area contributed by atoms with Crippen LogP contribution in [0.5, 0.6) is 5.75 Å². The van der Waals surface area contributed by atoms with Crippen LogP contribution in [0.3, 0.4) is 0 Å². The topological polar surface area (TPSA) is 179 Å². The number of carboxylic acids is 1. The standard InChI is InChI=1S/C25H36FN3O11S/c1-6-7-38-24(33)28-41(34,35)29(14-20(30)31)22-19(39-15-37-9-8-36-5)12-17-10-16(11-18(17)21(22)26)13-27-23(32)40-25(2,3)4/h6,12,16H,1,7-11,13-15H2,2-5H3,(H,27,32)(H,28,33)(H,30,31). The fourth-order valence-electron chi connectivity index (χ4n) is 3.85. The lowest BCUT2D eigenvalue weighted by Crippen LogP contribution is -2.46. The van der Waals surface area contributed by atoms with Crippen LogP contribution in [0.2, 0.25) is 0 Å². The number of hydrogen-bond acceptors (Lipinski definition) is 10. The SMILES string of the molecule is C=CCOC(=O)NS(=O)(=O)N(CC(=O)O)c1c(OCOCCOC)cc2c(c1F)CC(CNC(=O)OC(C)(C)C)C2.